The summed E-state index contributed by atoms with van der Waals surface area (Å²) in [4.78, 5) is 5.42. The number of aromatic nitrogens is 3. The van der Waals surface area contributed by atoms with Crippen molar-refractivity contribution < 1.29 is 0 Å². The summed E-state index contributed by atoms with van der Waals surface area (Å²) in [6.45, 7) is 2.03. The van der Waals surface area contributed by atoms with Crippen molar-refractivity contribution in [2.24, 2.45) is 0 Å². The van der Waals surface area contributed by atoms with E-state index in [-0.39, 0.29) is 0 Å². The molecule has 0 fully saturated rings. The van der Waals surface area contributed by atoms with Gasteiger partial charge in [-0.3, -0.25) is 0 Å². The van der Waals surface area contributed by atoms with Crippen molar-refractivity contribution in [3.63, 3.8) is 0 Å². The lowest BCUT2D eigenvalue weighted by atomic mass is 10.3. The number of halogens is 1. The molecule has 0 radical (unpaired) electrons. The van der Waals surface area contributed by atoms with E-state index in [0.29, 0.717) is 0 Å². The second-order valence-corrected chi connectivity index (χ2v) is 5.79. The molecule has 0 spiro atoms. The molecule has 0 aliphatic carbocycles. The highest BCUT2D eigenvalue weighted by molar-refractivity contribution is 8.00. The first-order valence-corrected chi connectivity index (χ1v) is 7.57. The van der Waals surface area contributed by atoms with Crippen molar-refractivity contribution in [3.05, 3.63) is 65.4 Å². The summed E-state index contributed by atoms with van der Waals surface area (Å²) in [6, 6.07) is 13.5. The van der Waals surface area contributed by atoms with E-state index in [2.05, 4.69) is 14.8 Å². The second kappa shape index (κ2) is 6.20. The summed E-state index contributed by atoms with van der Waals surface area (Å²) >= 11 is 7.38. The maximum absolute atomic E-state index is 5.88. The third-order valence-corrected chi connectivity index (χ3v) is 3.92. The molecule has 0 aliphatic heterocycles. The first-order chi connectivity index (χ1) is 10.2. The Kier molecular flexibility index (Phi) is 4.13. The van der Waals surface area contributed by atoms with Crippen molar-refractivity contribution in [3.8, 4) is 5.82 Å². The zero-order valence-electron chi connectivity index (χ0n) is 11.3. The zero-order chi connectivity index (χ0) is 14.7. The maximum atomic E-state index is 5.88. The van der Waals surface area contributed by atoms with Crippen LogP contribution in [-0.4, -0.2) is 14.8 Å². The van der Waals surface area contributed by atoms with E-state index >= 15 is 0 Å². The minimum atomic E-state index is 0.730. The normalized spacial score (nSPS) is 10.6. The van der Waals surface area contributed by atoms with E-state index in [4.69, 9.17) is 11.6 Å². The van der Waals surface area contributed by atoms with E-state index in [1.165, 1.54) is 11.9 Å². The van der Waals surface area contributed by atoms with Gasteiger partial charge in [0, 0.05) is 22.2 Å². The molecule has 0 saturated carbocycles. The molecule has 4 nitrogen and oxygen atoms in total. The predicted molar refractivity (Wildman–Crippen MR) is 87.0 cm³/mol. The Labute approximate surface area is 132 Å². The average Bonchev–Trinajstić information content (AvgIpc) is 2.95. The Morgan fingerprint density at radius 3 is 2.67 bits per heavy atom. The smallest absolute Gasteiger partial charge is 0.155 e. The van der Waals surface area contributed by atoms with Crippen LogP contribution in [0.5, 0.6) is 0 Å². The fourth-order valence-electron chi connectivity index (χ4n) is 1.81. The average molecular weight is 317 g/mol. The predicted octanol–water partition coefficient (Wildman–Crippen LogP) is 4.35. The molecule has 2 heterocycles. The topological polar surface area (TPSA) is 42.7 Å². The molecule has 2 aromatic heterocycles. The molecule has 6 heteroatoms. The Morgan fingerprint density at radius 1 is 1.10 bits per heavy atom. The molecule has 3 aromatic rings. The fourth-order valence-corrected chi connectivity index (χ4v) is 2.59. The van der Waals surface area contributed by atoms with Gasteiger partial charge >= 0.3 is 0 Å². The molecule has 0 amide bonds. The quantitative estimate of drug-likeness (QED) is 0.727. The number of anilines is 1. The van der Waals surface area contributed by atoms with Gasteiger partial charge in [-0.05, 0) is 60.8 Å². The molecule has 106 valence electrons. The van der Waals surface area contributed by atoms with Crippen molar-refractivity contribution >= 4 is 29.4 Å². The fraction of sp³-hybridized carbons (Fsp3) is 0.0667. The van der Waals surface area contributed by atoms with E-state index in [1.807, 2.05) is 49.4 Å². The second-order valence-electron chi connectivity index (χ2n) is 4.48. The highest BCUT2D eigenvalue weighted by atomic mass is 35.5. The summed E-state index contributed by atoms with van der Waals surface area (Å²) < 4.78 is 5.05. The minimum Gasteiger partial charge on any atom is -0.310 e. The van der Waals surface area contributed by atoms with Gasteiger partial charge < -0.3 is 4.72 Å². The van der Waals surface area contributed by atoms with Gasteiger partial charge in [-0.1, -0.05) is 11.6 Å². The summed E-state index contributed by atoms with van der Waals surface area (Å²) in [6.07, 6.45) is 3.53. The van der Waals surface area contributed by atoms with Crippen LogP contribution in [0.3, 0.4) is 0 Å². The summed E-state index contributed by atoms with van der Waals surface area (Å²) in [5, 5.41) is 5.04. The van der Waals surface area contributed by atoms with E-state index in [9.17, 15) is 0 Å². The van der Waals surface area contributed by atoms with Gasteiger partial charge in [0.15, 0.2) is 5.82 Å². The molecule has 1 N–H and O–H groups in total. The number of benzene rings is 1. The lowest BCUT2D eigenvalue weighted by Gasteiger charge is -2.09. The van der Waals surface area contributed by atoms with E-state index in [0.717, 1.165) is 27.1 Å². The number of nitrogens with zero attached hydrogens (tertiary/aromatic N) is 3. The maximum Gasteiger partial charge on any atom is 0.155 e. The van der Waals surface area contributed by atoms with Crippen molar-refractivity contribution in [1.82, 2.24) is 14.8 Å². The number of rotatable bonds is 4. The molecule has 0 bridgehead atoms. The molecule has 0 atom stereocenters. The van der Waals surface area contributed by atoms with Gasteiger partial charge in [-0.25, -0.2) is 4.98 Å². The van der Waals surface area contributed by atoms with Crippen LogP contribution in [-0.2, 0) is 0 Å². The molecule has 1 aromatic carbocycles. The highest BCUT2D eigenvalue weighted by Crippen LogP contribution is 2.23. The molecule has 3 rings (SSSR count). The van der Waals surface area contributed by atoms with Crippen LogP contribution in [0.4, 0.5) is 5.82 Å². The van der Waals surface area contributed by atoms with Crippen LogP contribution in [0, 0.1) is 6.92 Å². The number of nitrogens with one attached hydrogen (secondary N) is 1. The number of hydrogen-bond donors (Lipinski definition) is 1. The lowest BCUT2D eigenvalue weighted by Crippen LogP contribution is -2.03. The SMILES string of the molecule is Cc1ccnc(-n2nccc2NSc2ccc(Cl)cc2)c1. The van der Waals surface area contributed by atoms with Crippen molar-refractivity contribution in [2.75, 3.05) is 4.72 Å². The number of aryl methyl sites for hydroxylation is 1. The van der Waals surface area contributed by atoms with Gasteiger partial charge in [-0.2, -0.15) is 9.78 Å². The van der Waals surface area contributed by atoms with Crippen LogP contribution in [0.15, 0.2) is 59.8 Å². The Balaban J connectivity index is 1.78. The molecule has 0 aliphatic rings. The molecule has 21 heavy (non-hydrogen) atoms. The van der Waals surface area contributed by atoms with Crippen LogP contribution < -0.4 is 4.72 Å². The Morgan fingerprint density at radius 2 is 1.90 bits per heavy atom. The zero-order valence-corrected chi connectivity index (χ0v) is 12.9. The summed E-state index contributed by atoms with van der Waals surface area (Å²) in [7, 11) is 0. The highest BCUT2D eigenvalue weighted by Gasteiger charge is 2.06. The Bertz CT molecular complexity index is 739. The standard InChI is InChI=1S/C15H13ClN4S/c1-11-6-8-17-15(10-11)20-14(7-9-18-20)19-21-13-4-2-12(16)3-5-13/h2-10,19H,1H3. The van der Waals surface area contributed by atoms with Crippen LogP contribution in [0.2, 0.25) is 5.02 Å². The Hall–Kier alpha value is -1.98. The molecular formula is C15H13ClN4S. The summed E-state index contributed by atoms with van der Waals surface area (Å²) in [5.41, 5.74) is 1.15. The van der Waals surface area contributed by atoms with Crippen LogP contribution in [0.1, 0.15) is 5.56 Å². The largest absolute Gasteiger partial charge is 0.310 e. The molecule has 0 saturated heterocycles. The van der Waals surface area contributed by atoms with E-state index < -0.39 is 0 Å². The monoisotopic (exact) mass is 316 g/mol. The lowest BCUT2D eigenvalue weighted by molar-refractivity contribution is 0.855. The van der Waals surface area contributed by atoms with Gasteiger partial charge in [0.1, 0.15) is 5.82 Å². The first-order valence-electron chi connectivity index (χ1n) is 6.38. The van der Waals surface area contributed by atoms with Gasteiger partial charge in [0.25, 0.3) is 0 Å². The van der Waals surface area contributed by atoms with Crippen LogP contribution >= 0.6 is 23.5 Å². The first kappa shape index (κ1) is 14.0. The molecular weight excluding hydrogens is 304 g/mol. The summed E-state index contributed by atoms with van der Waals surface area (Å²) in [5.74, 6) is 1.66. The van der Waals surface area contributed by atoms with Gasteiger partial charge in [0.05, 0.1) is 6.20 Å². The number of pyridine rings is 1. The third-order valence-electron chi connectivity index (χ3n) is 2.85. The van der Waals surface area contributed by atoms with Crippen molar-refractivity contribution in [1.29, 1.82) is 0 Å². The van der Waals surface area contributed by atoms with Gasteiger partial charge in [-0.15, -0.1) is 0 Å². The van der Waals surface area contributed by atoms with Crippen LogP contribution in [0.25, 0.3) is 5.82 Å². The van der Waals surface area contributed by atoms with E-state index in [1.54, 1.807) is 17.1 Å². The van der Waals surface area contributed by atoms with Gasteiger partial charge in [0.2, 0.25) is 0 Å². The third kappa shape index (κ3) is 3.37. The number of hydrogen-bond acceptors (Lipinski definition) is 4. The molecule has 0 unspecified atom stereocenters. The minimum absolute atomic E-state index is 0.730. The van der Waals surface area contributed by atoms with Crippen molar-refractivity contribution in [2.45, 2.75) is 11.8 Å².